The van der Waals surface area contributed by atoms with E-state index in [-0.39, 0.29) is 17.9 Å². The van der Waals surface area contributed by atoms with Gasteiger partial charge in [-0.15, -0.1) is 0 Å². The van der Waals surface area contributed by atoms with Crippen molar-refractivity contribution in [2.75, 3.05) is 19.6 Å². The zero-order valence-corrected chi connectivity index (χ0v) is 11.9. The average molecular weight is 256 g/mol. The zero-order valence-electron chi connectivity index (χ0n) is 11.9. The van der Waals surface area contributed by atoms with E-state index < -0.39 is 0 Å². The number of carbonyl (C=O) groups is 1. The van der Waals surface area contributed by atoms with E-state index in [0.29, 0.717) is 44.3 Å². The zero-order chi connectivity index (χ0) is 13.7. The summed E-state index contributed by atoms with van der Waals surface area (Å²) in [6.07, 6.45) is 2.01. The van der Waals surface area contributed by atoms with Crippen LogP contribution in [-0.4, -0.2) is 41.7 Å². The molecule has 3 N–H and O–H groups in total. The van der Waals surface area contributed by atoms with Crippen LogP contribution in [-0.2, 0) is 4.79 Å². The van der Waals surface area contributed by atoms with E-state index in [2.05, 4.69) is 13.8 Å². The van der Waals surface area contributed by atoms with Crippen LogP contribution in [0.15, 0.2) is 0 Å². The average Bonchev–Trinajstić information content (AvgIpc) is 2.31. The summed E-state index contributed by atoms with van der Waals surface area (Å²) in [6, 6.07) is 0. The Kier molecular flexibility index (Phi) is 6.09. The predicted octanol–water partition coefficient (Wildman–Crippen LogP) is 1.23. The highest BCUT2D eigenvalue weighted by atomic mass is 16.3. The third-order valence-corrected chi connectivity index (χ3v) is 3.81. The van der Waals surface area contributed by atoms with Gasteiger partial charge in [0.1, 0.15) is 0 Å². The van der Waals surface area contributed by atoms with Crippen molar-refractivity contribution in [3.8, 4) is 0 Å². The lowest BCUT2D eigenvalue weighted by molar-refractivity contribution is -0.135. The van der Waals surface area contributed by atoms with Crippen LogP contribution in [0.2, 0.25) is 0 Å². The molecule has 106 valence electrons. The highest BCUT2D eigenvalue weighted by Gasteiger charge is 2.28. The van der Waals surface area contributed by atoms with E-state index in [1.807, 2.05) is 11.8 Å². The summed E-state index contributed by atoms with van der Waals surface area (Å²) in [6.45, 7) is 8.26. The van der Waals surface area contributed by atoms with Crippen molar-refractivity contribution >= 4 is 5.91 Å². The predicted molar refractivity (Wildman–Crippen MR) is 73.0 cm³/mol. The van der Waals surface area contributed by atoms with Crippen LogP contribution in [0.1, 0.15) is 40.0 Å². The first-order valence-corrected chi connectivity index (χ1v) is 7.10. The van der Waals surface area contributed by atoms with Crippen LogP contribution in [0, 0.1) is 17.8 Å². The molecule has 3 atom stereocenters. The van der Waals surface area contributed by atoms with E-state index in [9.17, 15) is 9.90 Å². The maximum Gasteiger partial charge on any atom is 0.222 e. The van der Waals surface area contributed by atoms with E-state index in [0.717, 1.165) is 6.42 Å². The molecule has 1 heterocycles. The van der Waals surface area contributed by atoms with Crippen LogP contribution in [0.5, 0.6) is 0 Å². The maximum absolute atomic E-state index is 12.2. The standard InChI is InChI=1S/C14H28N2O2/c1-10(2)6-12(8-15)7-14(18)16-5-4-13(17)11(3)9-16/h10-13,17H,4-9,15H2,1-3H3. The van der Waals surface area contributed by atoms with Crippen LogP contribution >= 0.6 is 0 Å². The fourth-order valence-corrected chi connectivity index (χ4v) is 2.67. The van der Waals surface area contributed by atoms with Gasteiger partial charge in [-0.1, -0.05) is 20.8 Å². The van der Waals surface area contributed by atoms with Crippen molar-refractivity contribution in [2.45, 2.75) is 46.1 Å². The number of amides is 1. The third-order valence-electron chi connectivity index (χ3n) is 3.81. The summed E-state index contributed by atoms with van der Waals surface area (Å²) >= 11 is 0. The smallest absolute Gasteiger partial charge is 0.222 e. The summed E-state index contributed by atoms with van der Waals surface area (Å²) in [5.41, 5.74) is 5.74. The lowest BCUT2D eigenvalue weighted by atomic mass is 9.92. The van der Waals surface area contributed by atoms with Crippen molar-refractivity contribution in [3.05, 3.63) is 0 Å². The first-order chi connectivity index (χ1) is 8.43. The van der Waals surface area contributed by atoms with Gasteiger partial charge in [0.25, 0.3) is 0 Å². The van der Waals surface area contributed by atoms with Gasteiger partial charge in [0.15, 0.2) is 0 Å². The monoisotopic (exact) mass is 256 g/mol. The Morgan fingerprint density at radius 1 is 1.50 bits per heavy atom. The minimum absolute atomic E-state index is 0.184. The van der Waals surface area contributed by atoms with Crippen molar-refractivity contribution in [3.63, 3.8) is 0 Å². The number of piperidine rings is 1. The van der Waals surface area contributed by atoms with Crippen LogP contribution in [0.25, 0.3) is 0 Å². The Morgan fingerprint density at radius 2 is 2.17 bits per heavy atom. The number of carbonyl (C=O) groups excluding carboxylic acids is 1. The topological polar surface area (TPSA) is 66.6 Å². The number of aliphatic hydroxyl groups excluding tert-OH is 1. The Hall–Kier alpha value is -0.610. The molecule has 1 fully saturated rings. The second-order valence-corrected chi connectivity index (χ2v) is 6.11. The Balaban J connectivity index is 2.44. The highest BCUT2D eigenvalue weighted by Crippen LogP contribution is 2.20. The Labute approximate surface area is 111 Å². The molecule has 1 aliphatic heterocycles. The van der Waals surface area contributed by atoms with Gasteiger partial charge >= 0.3 is 0 Å². The molecule has 3 unspecified atom stereocenters. The summed E-state index contributed by atoms with van der Waals surface area (Å²) in [5.74, 6) is 1.25. The summed E-state index contributed by atoms with van der Waals surface area (Å²) in [4.78, 5) is 14.1. The van der Waals surface area contributed by atoms with Crippen LogP contribution < -0.4 is 5.73 Å². The second kappa shape index (κ2) is 7.10. The van der Waals surface area contributed by atoms with Gasteiger partial charge in [-0.2, -0.15) is 0 Å². The van der Waals surface area contributed by atoms with Gasteiger partial charge in [0.05, 0.1) is 6.10 Å². The van der Waals surface area contributed by atoms with E-state index in [4.69, 9.17) is 5.73 Å². The number of aliphatic hydroxyl groups is 1. The molecule has 0 bridgehead atoms. The molecule has 18 heavy (non-hydrogen) atoms. The van der Waals surface area contributed by atoms with E-state index >= 15 is 0 Å². The molecule has 0 aromatic rings. The number of rotatable bonds is 5. The maximum atomic E-state index is 12.2. The van der Waals surface area contributed by atoms with Crippen molar-refractivity contribution in [1.29, 1.82) is 0 Å². The Bertz CT molecular complexity index is 269. The molecular formula is C14H28N2O2. The van der Waals surface area contributed by atoms with E-state index in [1.54, 1.807) is 0 Å². The number of nitrogens with two attached hydrogens (primary N) is 1. The molecule has 1 amide bonds. The van der Waals surface area contributed by atoms with E-state index in [1.165, 1.54) is 0 Å². The van der Waals surface area contributed by atoms with Gasteiger partial charge in [-0.25, -0.2) is 0 Å². The lowest BCUT2D eigenvalue weighted by Crippen LogP contribution is -2.45. The van der Waals surface area contributed by atoms with Gasteiger partial charge in [-0.3, -0.25) is 4.79 Å². The number of nitrogens with zero attached hydrogens (tertiary/aromatic N) is 1. The highest BCUT2D eigenvalue weighted by molar-refractivity contribution is 5.76. The lowest BCUT2D eigenvalue weighted by Gasteiger charge is -2.35. The normalized spacial score (nSPS) is 26.4. The molecular weight excluding hydrogens is 228 g/mol. The van der Waals surface area contributed by atoms with Gasteiger partial charge in [0, 0.05) is 19.5 Å². The molecule has 1 rings (SSSR count). The summed E-state index contributed by atoms with van der Waals surface area (Å²) < 4.78 is 0. The summed E-state index contributed by atoms with van der Waals surface area (Å²) in [7, 11) is 0. The molecule has 1 saturated heterocycles. The molecule has 0 spiro atoms. The summed E-state index contributed by atoms with van der Waals surface area (Å²) in [5, 5.41) is 9.67. The molecule has 4 nitrogen and oxygen atoms in total. The Morgan fingerprint density at radius 3 is 2.67 bits per heavy atom. The molecule has 0 radical (unpaired) electrons. The van der Waals surface area contributed by atoms with Crippen molar-refractivity contribution in [1.82, 2.24) is 4.90 Å². The quantitative estimate of drug-likeness (QED) is 0.777. The van der Waals surface area contributed by atoms with Crippen molar-refractivity contribution < 1.29 is 9.90 Å². The van der Waals surface area contributed by atoms with Crippen molar-refractivity contribution in [2.24, 2.45) is 23.5 Å². The minimum Gasteiger partial charge on any atom is -0.393 e. The molecule has 0 saturated carbocycles. The van der Waals surface area contributed by atoms with Gasteiger partial charge in [0.2, 0.25) is 5.91 Å². The number of hydrogen-bond acceptors (Lipinski definition) is 3. The fraction of sp³-hybridized carbons (Fsp3) is 0.929. The largest absolute Gasteiger partial charge is 0.393 e. The van der Waals surface area contributed by atoms with Crippen LogP contribution in [0.3, 0.4) is 0 Å². The van der Waals surface area contributed by atoms with Gasteiger partial charge < -0.3 is 15.7 Å². The minimum atomic E-state index is -0.255. The van der Waals surface area contributed by atoms with Crippen LogP contribution in [0.4, 0.5) is 0 Å². The first kappa shape index (κ1) is 15.4. The molecule has 0 aromatic carbocycles. The van der Waals surface area contributed by atoms with Gasteiger partial charge in [-0.05, 0) is 37.1 Å². The third kappa shape index (κ3) is 4.58. The molecule has 4 heteroatoms. The SMILES string of the molecule is CC(C)CC(CN)CC(=O)N1CCC(O)C(C)C1. The number of hydrogen-bond donors (Lipinski definition) is 2. The molecule has 0 aliphatic carbocycles. The second-order valence-electron chi connectivity index (χ2n) is 6.11. The fourth-order valence-electron chi connectivity index (χ4n) is 2.67. The molecule has 1 aliphatic rings. The molecule has 0 aromatic heterocycles. The first-order valence-electron chi connectivity index (χ1n) is 7.10. The number of likely N-dealkylation sites (tertiary alicyclic amines) is 1.